The Kier molecular flexibility index (Phi) is 4.77. The molecule has 0 atom stereocenters. The predicted molar refractivity (Wildman–Crippen MR) is 88.5 cm³/mol. The van der Waals surface area contributed by atoms with Crippen LogP contribution in [-0.2, 0) is 11.3 Å². The molecule has 2 aromatic rings. The van der Waals surface area contributed by atoms with Gasteiger partial charge < -0.3 is 5.32 Å². The van der Waals surface area contributed by atoms with Gasteiger partial charge in [0, 0.05) is 6.04 Å². The number of nitrogens with zero attached hydrogens (tertiary/aromatic N) is 3. The van der Waals surface area contributed by atoms with Gasteiger partial charge in [-0.25, -0.2) is 9.97 Å². The number of amides is 1. The molecule has 1 aliphatic rings. The van der Waals surface area contributed by atoms with Crippen LogP contribution in [0.25, 0.3) is 10.3 Å². The summed E-state index contributed by atoms with van der Waals surface area (Å²) in [5, 5.41) is 3.02. The van der Waals surface area contributed by atoms with Crippen molar-refractivity contribution in [3.05, 3.63) is 16.7 Å². The summed E-state index contributed by atoms with van der Waals surface area (Å²) in [5.41, 5.74) is 0.268. The molecule has 118 valence electrons. The third-order valence-electron chi connectivity index (χ3n) is 3.82. The second kappa shape index (κ2) is 6.78. The lowest BCUT2D eigenvalue weighted by atomic mass is 9.95. The van der Waals surface area contributed by atoms with E-state index in [1.165, 1.54) is 40.4 Å². The van der Waals surface area contributed by atoms with Crippen molar-refractivity contribution >= 4 is 39.4 Å². The summed E-state index contributed by atoms with van der Waals surface area (Å²) in [4.78, 5) is 32.9. The SMILES string of the molecule is CSc1nc2ncn(CC(=O)NC3CCCCC3)c(=O)c2s1. The largest absolute Gasteiger partial charge is 0.352 e. The first-order valence-corrected chi connectivity index (χ1v) is 9.41. The average molecular weight is 338 g/mol. The van der Waals surface area contributed by atoms with Gasteiger partial charge in [-0.15, -0.1) is 11.3 Å². The third-order valence-corrected chi connectivity index (χ3v) is 5.84. The molecule has 0 aromatic carbocycles. The number of aromatic nitrogens is 3. The van der Waals surface area contributed by atoms with Crippen LogP contribution in [0.5, 0.6) is 0 Å². The number of fused-ring (bicyclic) bond motifs is 1. The molecule has 3 rings (SSSR count). The van der Waals surface area contributed by atoms with E-state index in [2.05, 4.69) is 15.3 Å². The molecule has 0 spiro atoms. The van der Waals surface area contributed by atoms with Crippen molar-refractivity contribution in [3.63, 3.8) is 0 Å². The van der Waals surface area contributed by atoms with Crippen LogP contribution in [0, 0.1) is 0 Å². The van der Waals surface area contributed by atoms with Crippen molar-refractivity contribution in [2.24, 2.45) is 0 Å². The Bertz CT molecular complexity index is 734. The fourth-order valence-electron chi connectivity index (χ4n) is 2.70. The monoisotopic (exact) mass is 338 g/mol. The lowest BCUT2D eigenvalue weighted by molar-refractivity contribution is -0.122. The molecule has 1 N–H and O–H groups in total. The van der Waals surface area contributed by atoms with Gasteiger partial charge in [-0.05, 0) is 19.1 Å². The van der Waals surface area contributed by atoms with E-state index in [1.807, 2.05) is 6.26 Å². The van der Waals surface area contributed by atoms with E-state index in [0.29, 0.717) is 10.3 Å². The van der Waals surface area contributed by atoms with Crippen LogP contribution >= 0.6 is 23.1 Å². The Morgan fingerprint density at radius 1 is 1.45 bits per heavy atom. The third kappa shape index (κ3) is 3.33. The van der Waals surface area contributed by atoms with E-state index in [1.54, 1.807) is 0 Å². The highest BCUT2D eigenvalue weighted by Gasteiger charge is 2.17. The molecule has 1 aliphatic carbocycles. The maximum Gasteiger partial charge on any atom is 0.273 e. The fourth-order valence-corrected chi connectivity index (χ4v) is 4.16. The van der Waals surface area contributed by atoms with E-state index in [9.17, 15) is 9.59 Å². The van der Waals surface area contributed by atoms with Gasteiger partial charge in [-0.1, -0.05) is 31.0 Å². The van der Waals surface area contributed by atoms with E-state index in [0.717, 1.165) is 30.0 Å². The van der Waals surface area contributed by atoms with Gasteiger partial charge in [0.1, 0.15) is 17.6 Å². The van der Waals surface area contributed by atoms with Crippen molar-refractivity contribution < 1.29 is 4.79 Å². The van der Waals surface area contributed by atoms with Gasteiger partial charge in [0.25, 0.3) is 5.56 Å². The zero-order valence-corrected chi connectivity index (χ0v) is 14.0. The lowest BCUT2D eigenvalue weighted by Gasteiger charge is -2.22. The van der Waals surface area contributed by atoms with Crippen molar-refractivity contribution in [2.75, 3.05) is 6.26 Å². The average Bonchev–Trinajstić information content (AvgIpc) is 2.95. The number of rotatable bonds is 4. The van der Waals surface area contributed by atoms with Gasteiger partial charge >= 0.3 is 0 Å². The Morgan fingerprint density at radius 3 is 2.95 bits per heavy atom. The Labute approximate surface area is 136 Å². The molecule has 1 amide bonds. The molecule has 22 heavy (non-hydrogen) atoms. The Hall–Kier alpha value is -1.41. The van der Waals surface area contributed by atoms with Crippen molar-refractivity contribution in [3.8, 4) is 0 Å². The number of carbonyl (C=O) groups excluding carboxylic acids is 1. The number of hydrogen-bond donors (Lipinski definition) is 1. The second-order valence-electron chi connectivity index (χ2n) is 5.42. The van der Waals surface area contributed by atoms with Crippen LogP contribution in [0.4, 0.5) is 0 Å². The zero-order valence-electron chi connectivity index (χ0n) is 12.4. The number of thiazole rings is 1. The number of hydrogen-bond acceptors (Lipinski definition) is 6. The summed E-state index contributed by atoms with van der Waals surface area (Å²) in [7, 11) is 0. The highest BCUT2D eigenvalue weighted by molar-refractivity contribution is 8.00. The van der Waals surface area contributed by atoms with Crippen LogP contribution in [-0.4, -0.2) is 32.7 Å². The van der Waals surface area contributed by atoms with Gasteiger partial charge in [0.05, 0.1) is 0 Å². The normalized spacial score (nSPS) is 16.0. The van der Waals surface area contributed by atoms with E-state index < -0.39 is 0 Å². The van der Waals surface area contributed by atoms with Crippen molar-refractivity contribution in [1.29, 1.82) is 0 Å². The predicted octanol–water partition coefficient (Wildman–Crippen LogP) is 2.02. The fraction of sp³-hybridized carbons (Fsp3) is 0.571. The molecule has 2 aromatic heterocycles. The topological polar surface area (TPSA) is 76.9 Å². The maximum absolute atomic E-state index is 12.4. The van der Waals surface area contributed by atoms with Crippen LogP contribution < -0.4 is 10.9 Å². The molecule has 0 radical (unpaired) electrons. The minimum Gasteiger partial charge on any atom is -0.352 e. The van der Waals surface area contributed by atoms with Gasteiger partial charge in [0.2, 0.25) is 5.91 Å². The summed E-state index contributed by atoms with van der Waals surface area (Å²) in [6, 6.07) is 0.250. The van der Waals surface area contributed by atoms with Crippen LogP contribution in [0.1, 0.15) is 32.1 Å². The minimum atomic E-state index is -0.193. The quantitative estimate of drug-likeness (QED) is 0.863. The van der Waals surface area contributed by atoms with Gasteiger partial charge in [-0.3, -0.25) is 14.2 Å². The minimum absolute atomic E-state index is 0.0186. The zero-order chi connectivity index (χ0) is 15.5. The number of nitrogens with one attached hydrogen (secondary N) is 1. The number of thioether (sulfide) groups is 1. The Balaban J connectivity index is 1.74. The van der Waals surface area contributed by atoms with Crippen LogP contribution in [0.2, 0.25) is 0 Å². The van der Waals surface area contributed by atoms with E-state index in [4.69, 9.17) is 0 Å². The highest BCUT2D eigenvalue weighted by Crippen LogP contribution is 2.24. The van der Waals surface area contributed by atoms with Gasteiger partial charge in [-0.2, -0.15) is 0 Å². The molecule has 8 heteroatoms. The first-order valence-electron chi connectivity index (χ1n) is 7.36. The van der Waals surface area contributed by atoms with Crippen LogP contribution in [0.3, 0.4) is 0 Å². The lowest BCUT2D eigenvalue weighted by Crippen LogP contribution is -2.39. The Morgan fingerprint density at radius 2 is 2.23 bits per heavy atom. The molecule has 0 saturated heterocycles. The molecule has 0 bridgehead atoms. The summed E-state index contributed by atoms with van der Waals surface area (Å²) >= 11 is 2.81. The number of carbonyl (C=O) groups is 1. The van der Waals surface area contributed by atoms with E-state index >= 15 is 0 Å². The summed E-state index contributed by atoms with van der Waals surface area (Å²) in [5.74, 6) is -0.121. The van der Waals surface area contributed by atoms with Crippen molar-refractivity contribution in [1.82, 2.24) is 19.9 Å². The van der Waals surface area contributed by atoms with E-state index in [-0.39, 0.29) is 24.1 Å². The molecule has 0 aliphatic heterocycles. The first kappa shape index (κ1) is 15.5. The molecular formula is C14H18N4O2S2. The molecule has 0 unspecified atom stereocenters. The smallest absolute Gasteiger partial charge is 0.273 e. The molecule has 1 fully saturated rings. The maximum atomic E-state index is 12.4. The van der Waals surface area contributed by atoms with Crippen LogP contribution in [0.15, 0.2) is 15.5 Å². The van der Waals surface area contributed by atoms with Crippen molar-refractivity contribution in [2.45, 2.75) is 49.0 Å². The molecule has 6 nitrogen and oxygen atoms in total. The molecule has 2 heterocycles. The summed E-state index contributed by atoms with van der Waals surface area (Å²) in [6.45, 7) is 0.0186. The summed E-state index contributed by atoms with van der Waals surface area (Å²) in [6.07, 6.45) is 8.96. The van der Waals surface area contributed by atoms with Gasteiger partial charge in [0.15, 0.2) is 9.99 Å². The second-order valence-corrected chi connectivity index (χ2v) is 7.47. The standard InChI is InChI=1S/C14H18N4O2S2/c1-21-14-17-12-11(22-14)13(20)18(8-15-12)7-10(19)16-9-5-3-2-4-6-9/h8-9H,2-7H2,1H3,(H,16,19). The summed E-state index contributed by atoms with van der Waals surface area (Å²) < 4.78 is 2.68. The first-order chi connectivity index (χ1) is 10.7. The molecular weight excluding hydrogens is 320 g/mol. The highest BCUT2D eigenvalue weighted by atomic mass is 32.2. The molecule has 1 saturated carbocycles.